The van der Waals surface area contributed by atoms with Crippen LogP contribution in [0.1, 0.15) is 16.7 Å². The number of fused-ring (bicyclic) bond motifs is 3. The zero-order valence-electron chi connectivity index (χ0n) is 14.6. The van der Waals surface area contributed by atoms with Gasteiger partial charge in [-0.15, -0.1) is 0 Å². The van der Waals surface area contributed by atoms with Gasteiger partial charge in [-0.3, -0.25) is 4.68 Å². The Morgan fingerprint density at radius 2 is 1.82 bits per heavy atom. The van der Waals surface area contributed by atoms with Crippen molar-refractivity contribution < 1.29 is 28.5 Å². The minimum absolute atomic E-state index is 0.113. The SMILES string of the molecule is OCCn1cc(-c2ccc3c(c2)C(O)(C(F)(F)F)c2cccc(CO)c2-3)cn1. The van der Waals surface area contributed by atoms with E-state index in [1.165, 1.54) is 41.2 Å². The van der Waals surface area contributed by atoms with Crippen LogP contribution in [0.4, 0.5) is 13.2 Å². The minimum atomic E-state index is -4.94. The van der Waals surface area contributed by atoms with E-state index < -0.39 is 18.4 Å². The molecule has 0 amide bonds. The second kappa shape index (κ2) is 6.44. The van der Waals surface area contributed by atoms with E-state index in [4.69, 9.17) is 5.11 Å². The molecule has 0 spiro atoms. The van der Waals surface area contributed by atoms with Crippen molar-refractivity contribution in [1.82, 2.24) is 9.78 Å². The summed E-state index contributed by atoms with van der Waals surface area (Å²) in [6, 6.07) is 8.66. The maximum absolute atomic E-state index is 14.0. The van der Waals surface area contributed by atoms with Crippen LogP contribution in [-0.2, 0) is 18.8 Å². The lowest BCUT2D eigenvalue weighted by atomic mass is 9.89. The minimum Gasteiger partial charge on any atom is -0.394 e. The lowest BCUT2D eigenvalue weighted by Crippen LogP contribution is -2.41. The third-order valence-corrected chi connectivity index (χ3v) is 5.10. The third-order valence-electron chi connectivity index (χ3n) is 5.10. The molecule has 0 saturated carbocycles. The quantitative estimate of drug-likeness (QED) is 0.640. The molecule has 3 N–H and O–H groups in total. The van der Waals surface area contributed by atoms with Crippen LogP contribution >= 0.6 is 0 Å². The number of aliphatic hydroxyl groups is 3. The normalized spacial score (nSPS) is 18.2. The lowest BCUT2D eigenvalue weighted by molar-refractivity contribution is -0.246. The molecule has 2 aromatic carbocycles. The van der Waals surface area contributed by atoms with Crippen LogP contribution in [0.5, 0.6) is 0 Å². The first-order chi connectivity index (χ1) is 13.3. The molecule has 28 heavy (non-hydrogen) atoms. The van der Waals surface area contributed by atoms with E-state index in [1.54, 1.807) is 12.3 Å². The van der Waals surface area contributed by atoms with Gasteiger partial charge in [0.25, 0.3) is 0 Å². The maximum atomic E-state index is 14.0. The van der Waals surface area contributed by atoms with E-state index in [0.29, 0.717) is 16.7 Å². The van der Waals surface area contributed by atoms with Gasteiger partial charge in [-0.2, -0.15) is 18.3 Å². The highest BCUT2D eigenvalue weighted by Crippen LogP contribution is 2.56. The Morgan fingerprint density at radius 1 is 1.04 bits per heavy atom. The lowest BCUT2D eigenvalue weighted by Gasteiger charge is -2.28. The Labute approximate surface area is 158 Å². The van der Waals surface area contributed by atoms with Crippen molar-refractivity contribution in [2.45, 2.75) is 24.9 Å². The number of hydrogen-bond acceptors (Lipinski definition) is 4. The van der Waals surface area contributed by atoms with Crippen molar-refractivity contribution >= 4 is 0 Å². The summed E-state index contributed by atoms with van der Waals surface area (Å²) in [6.07, 6.45) is -1.84. The second-order valence-electron chi connectivity index (χ2n) is 6.68. The van der Waals surface area contributed by atoms with Crippen LogP contribution in [-0.4, -0.2) is 37.9 Å². The van der Waals surface area contributed by atoms with E-state index in [0.717, 1.165) is 0 Å². The van der Waals surface area contributed by atoms with Gasteiger partial charge in [0, 0.05) is 22.9 Å². The number of aromatic nitrogens is 2. The summed E-state index contributed by atoms with van der Waals surface area (Å²) >= 11 is 0. The number of aliphatic hydroxyl groups excluding tert-OH is 2. The molecule has 1 atom stereocenters. The van der Waals surface area contributed by atoms with Crippen molar-refractivity contribution in [3.05, 3.63) is 65.5 Å². The molecule has 1 unspecified atom stereocenters. The van der Waals surface area contributed by atoms with Gasteiger partial charge in [0.1, 0.15) is 0 Å². The molecule has 3 aromatic rings. The highest BCUT2D eigenvalue weighted by molar-refractivity contribution is 5.85. The molecule has 0 fully saturated rings. The Morgan fingerprint density at radius 3 is 2.50 bits per heavy atom. The number of hydrogen-bond donors (Lipinski definition) is 3. The monoisotopic (exact) mass is 390 g/mol. The third kappa shape index (κ3) is 2.56. The van der Waals surface area contributed by atoms with Gasteiger partial charge >= 0.3 is 6.18 Å². The van der Waals surface area contributed by atoms with Crippen LogP contribution < -0.4 is 0 Å². The number of halogens is 3. The maximum Gasteiger partial charge on any atom is 0.425 e. The number of nitrogens with zero attached hydrogens (tertiary/aromatic N) is 2. The Balaban J connectivity index is 1.94. The second-order valence-corrected chi connectivity index (χ2v) is 6.68. The highest BCUT2D eigenvalue weighted by atomic mass is 19.4. The predicted molar refractivity (Wildman–Crippen MR) is 95.2 cm³/mol. The molecule has 0 saturated heterocycles. The summed E-state index contributed by atoms with van der Waals surface area (Å²) in [5, 5.41) is 33.5. The summed E-state index contributed by atoms with van der Waals surface area (Å²) in [4.78, 5) is 0. The standard InChI is InChI=1S/C20H17F3N2O3/c21-20(22,23)19(28)16-3-1-2-13(11-27)18(16)15-5-4-12(8-17(15)19)14-9-24-25(10-14)6-7-26/h1-5,8-10,26-28H,6-7,11H2. The van der Waals surface area contributed by atoms with Crippen molar-refractivity contribution in [3.63, 3.8) is 0 Å². The number of alkyl halides is 3. The average Bonchev–Trinajstić information content (AvgIpc) is 3.24. The fraction of sp³-hybridized carbons (Fsp3) is 0.250. The zero-order valence-corrected chi connectivity index (χ0v) is 14.6. The summed E-state index contributed by atoms with van der Waals surface area (Å²) in [5.74, 6) is 0. The number of benzene rings is 2. The van der Waals surface area contributed by atoms with Crippen LogP contribution in [0.2, 0.25) is 0 Å². The van der Waals surface area contributed by atoms with E-state index in [1.807, 2.05) is 0 Å². The van der Waals surface area contributed by atoms with Crippen LogP contribution in [0, 0.1) is 0 Å². The first-order valence-electron chi connectivity index (χ1n) is 8.62. The molecule has 1 aliphatic rings. The van der Waals surface area contributed by atoms with E-state index in [-0.39, 0.29) is 35.4 Å². The molecule has 0 bridgehead atoms. The summed E-state index contributed by atoms with van der Waals surface area (Å²) in [6.45, 7) is -0.284. The highest BCUT2D eigenvalue weighted by Gasteiger charge is 2.61. The van der Waals surface area contributed by atoms with Crippen molar-refractivity contribution in [2.75, 3.05) is 6.61 Å². The first kappa shape index (κ1) is 18.7. The molecule has 146 valence electrons. The largest absolute Gasteiger partial charge is 0.425 e. The van der Waals surface area contributed by atoms with Gasteiger partial charge in [-0.05, 0) is 28.3 Å². The molecular formula is C20H17F3N2O3. The van der Waals surface area contributed by atoms with Crippen LogP contribution in [0.25, 0.3) is 22.3 Å². The number of rotatable bonds is 4. The summed E-state index contributed by atoms with van der Waals surface area (Å²) < 4.78 is 43.5. The van der Waals surface area contributed by atoms with E-state index in [9.17, 15) is 23.4 Å². The zero-order chi connectivity index (χ0) is 20.1. The Bertz CT molecular complexity index is 1050. The smallest absolute Gasteiger partial charge is 0.394 e. The molecule has 8 heteroatoms. The van der Waals surface area contributed by atoms with Crippen LogP contribution in [0.15, 0.2) is 48.8 Å². The van der Waals surface area contributed by atoms with Crippen molar-refractivity contribution in [1.29, 1.82) is 0 Å². The summed E-state index contributed by atoms with van der Waals surface area (Å²) in [5.41, 5.74) is -1.92. The average molecular weight is 390 g/mol. The first-order valence-corrected chi connectivity index (χ1v) is 8.62. The van der Waals surface area contributed by atoms with Gasteiger partial charge in [-0.25, -0.2) is 0 Å². The topological polar surface area (TPSA) is 78.5 Å². The predicted octanol–water partition coefficient (Wildman–Crippen LogP) is 2.81. The molecule has 0 aliphatic heterocycles. The van der Waals surface area contributed by atoms with Gasteiger partial charge in [0.15, 0.2) is 0 Å². The molecule has 4 rings (SSSR count). The van der Waals surface area contributed by atoms with Gasteiger partial charge in [0.05, 0.1) is 26.0 Å². The van der Waals surface area contributed by atoms with E-state index in [2.05, 4.69) is 5.10 Å². The molecule has 1 aromatic heterocycles. The molecule has 0 radical (unpaired) electrons. The Kier molecular flexibility index (Phi) is 4.29. The molecule has 5 nitrogen and oxygen atoms in total. The van der Waals surface area contributed by atoms with E-state index >= 15 is 0 Å². The molecular weight excluding hydrogens is 373 g/mol. The van der Waals surface area contributed by atoms with Gasteiger partial charge < -0.3 is 15.3 Å². The molecule has 1 heterocycles. The fourth-order valence-corrected chi connectivity index (χ4v) is 3.78. The fourth-order valence-electron chi connectivity index (χ4n) is 3.78. The van der Waals surface area contributed by atoms with Gasteiger partial charge in [-0.1, -0.05) is 30.3 Å². The van der Waals surface area contributed by atoms with Gasteiger partial charge in [0.2, 0.25) is 5.60 Å². The Hall–Kier alpha value is -2.68. The summed E-state index contributed by atoms with van der Waals surface area (Å²) in [7, 11) is 0. The molecule has 1 aliphatic carbocycles. The van der Waals surface area contributed by atoms with Crippen LogP contribution in [0.3, 0.4) is 0 Å². The van der Waals surface area contributed by atoms with Crippen molar-refractivity contribution in [2.24, 2.45) is 0 Å². The van der Waals surface area contributed by atoms with Crippen molar-refractivity contribution in [3.8, 4) is 22.3 Å².